The van der Waals surface area contributed by atoms with Crippen molar-refractivity contribution in [3.8, 4) is 0 Å². The van der Waals surface area contributed by atoms with Crippen molar-refractivity contribution >= 4 is 0 Å². The molecule has 0 atom stereocenters. The molecule has 0 fully saturated rings. The lowest BCUT2D eigenvalue weighted by Gasteiger charge is -2.09. The van der Waals surface area contributed by atoms with Gasteiger partial charge in [0.1, 0.15) is 6.61 Å². The fourth-order valence-electron chi connectivity index (χ4n) is 1.06. The third-order valence-corrected chi connectivity index (χ3v) is 1.77. The minimum Gasteiger partial charge on any atom is -0.371 e. The van der Waals surface area contributed by atoms with Crippen molar-refractivity contribution < 1.29 is 17.9 Å². The summed E-state index contributed by atoms with van der Waals surface area (Å²) in [6.07, 6.45) is -3.27. The van der Waals surface area contributed by atoms with Crippen LogP contribution in [0.3, 0.4) is 0 Å². The molecule has 0 saturated heterocycles. The summed E-state index contributed by atoms with van der Waals surface area (Å²) in [6, 6.07) is 0.468. The van der Waals surface area contributed by atoms with Gasteiger partial charge in [0, 0.05) is 12.6 Å². The normalized spacial score (nSPS) is 12.4. The van der Waals surface area contributed by atoms with E-state index in [9.17, 15) is 13.2 Å². The smallest absolute Gasteiger partial charge is 0.371 e. The molecular weight excluding hydrogens is 221 g/mol. The van der Waals surface area contributed by atoms with Crippen LogP contribution in [0.4, 0.5) is 13.2 Å². The minimum absolute atomic E-state index is 0.0944. The van der Waals surface area contributed by atoms with E-state index in [4.69, 9.17) is 0 Å². The molecule has 0 saturated carbocycles. The predicted molar refractivity (Wildman–Crippen MR) is 57.5 cm³/mol. The molecule has 6 heteroatoms. The van der Waals surface area contributed by atoms with Crippen molar-refractivity contribution in [2.24, 2.45) is 0 Å². The minimum atomic E-state index is -4.22. The third kappa shape index (κ3) is 13.7. The molecule has 3 nitrogen and oxygen atoms in total. The molecule has 0 aromatic heterocycles. The Hall–Kier alpha value is -0.330. The van der Waals surface area contributed by atoms with E-state index in [1.807, 2.05) is 0 Å². The fraction of sp³-hybridized carbons (Fsp3) is 1.00. The first kappa shape index (κ1) is 15.7. The summed E-state index contributed by atoms with van der Waals surface area (Å²) in [6.45, 7) is 5.22. The first-order valence-electron chi connectivity index (χ1n) is 5.50. The van der Waals surface area contributed by atoms with Crippen molar-refractivity contribution in [2.45, 2.75) is 32.5 Å². The van der Waals surface area contributed by atoms with Crippen molar-refractivity contribution in [1.29, 1.82) is 0 Å². The maximum atomic E-state index is 11.7. The summed E-state index contributed by atoms with van der Waals surface area (Å²) < 4.78 is 39.4. The number of hydrogen-bond acceptors (Lipinski definition) is 3. The molecule has 0 aromatic rings. The maximum Gasteiger partial charge on any atom is 0.411 e. The molecule has 2 N–H and O–H groups in total. The molecule has 0 amide bonds. The Balaban J connectivity index is 3.05. The zero-order valence-corrected chi connectivity index (χ0v) is 9.86. The molecule has 0 aliphatic carbocycles. The van der Waals surface area contributed by atoms with Gasteiger partial charge in [-0.3, -0.25) is 0 Å². The second-order valence-electron chi connectivity index (χ2n) is 3.88. The van der Waals surface area contributed by atoms with Crippen molar-refractivity contribution in [3.63, 3.8) is 0 Å². The first-order valence-corrected chi connectivity index (χ1v) is 5.50. The molecular formula is C10H21F3N2O. The summed E-state index contributed by atoms with van der Waals surface area (Å²) in [5.74, 6) is 0. The number of ether oxygens (including phenoxy) is 1. The van der Waals surface area contributed by atoms with Gasteiger partial charge >= 0.3 is 6.18 Å². The van der Waals surface area contributed by atoms with Crippen molar-refractivity contribution in [1.82, 2.24) is 10.6 Å². The standard InChI is InChI=1S/C10H21F3N2O/c1-9(2)15-5-3-4-14-6-7-16-8-10(11,12)13/h9,14-15H,3-8H2,1-2H3. The Morgan fingerprint density at radius 2 is 1.81 bits per heavy atom. The Bertz CT molecular complexity index is 163. The third-order valence-electron chi connectivity index (χ3n) is 1.77. The monoisotopic (exact) mass is 242 g/mol. The summed E-state index contributed by atoms with van der Waals surface area (Å²) in [5.41, 5.74) is 0. The zero-order valence-electron chi connectivity index (χ0n) is 9.86. The second kappa shape index (κ2) is 8.78. The quantitative estimate of drug-likeness (QED) is 0.602. The molecule has 0 heterocycles. The van der Waals surface area contributed by atoms with Gasteiger partial charge in [-0.2, -0.15) is 13.2 Å². The molecule has 0 aliphatic rings. The van der Waals surface area contributed by atoms with Crippen LogP contribution in [0.2, 0.25) is 0 Å². The molecule has 0 aliphatic heterocycles. The number of hydrogen-bond donors (Lipinski definition) is 2. The van der Waals surface area contributed by atoms with Crippen LogP contribution in [0, 0.1) is 0 Å². The molecule has 16 heavy (non-hydrogen) atoms. The summed E-state index contributed by atoms with van der Waals surface area (Å²) in [4.78, 5) is 0. The van der Waals surface area contributed by atoms with Crippen LogP contribution in [0.1, 0.15) is 20.3 Å². The Kier molecular flexibility index (Phi) is 8.60. The van der Waals surface area contributed by atoms with E-state index < -0.39 is 12.8 Å². The van der Waals surface area contributed by atoms with Crippen LogP contribution in [0.5, 0.6) is 0 Å². The van der Waals surface area contributed by atoms with Gasteiger partial charge in [0.2, 0.25) is 0 Å². The van der Waals surface area contributed by atoms with Crippen molar-refractivity contribution in [2.75, 3.05) is 32.8 Å². The molecule has 0 aromatic carbocycles. The Morgan fingerprint density at radius 1 is 1.12 bits per heavy atom. The fourth-order valence-corrected chi connectivity index (χ4v) is 1.06. The van der Waals surface area contributed by atoms with E-state index in [0.717, 1.165) is 19.5 Å². The van der Waals surface area contributed by atoms with Crippen LogP contribution in [0.25, 0.3) is 0 Å². The lowest BCUT2D eigenvalue weighted by atomic mass is 10.3. The van der Waals surface area contributed by atoms with Gasteiger partial charge in [0.15, 0.2) is 0 Å². The molecule has 0 spiro atoms. The Labute approximate surface area is 94.7 Å². The maximum absolute atomic E-state index is 11.7. The molecule has 98 valence electrons. The average Bonchev–Trinajstić information content (AvgIpc) is 2.13. The molecule has 0 radical (unpaired) electrons. The van der Waals surface area contributed by atoms with Gasteiger partial charge in [-0.15, -0.1) is 0 Å². The lowest BCUT2D eigenvalue weighted by molar-refractivity contribution is -0.173. The van der Waals surface area contributed by atoms with Crippen LogP contribution in [-0.2, 0) is 4.74 Å². The summed E-state index contributed by atoms with van der Waals surface area (Å²) >= 11 is 0. The largest absolute Gasteiger partial charge is 0.411 e. The number of nitrogens with one attached hydrogen (secondary N) is 2. The molecule has 0 bridgehead atoms. The van der Waals surface area contributed by atoms with Crippen LogP contribution in [-0.4, -0.2) is 45.1 Å². The first-order chi connectivity index (χ1) is 7.42. The second-order valence-corrected chi connectivity index (χ2v) is 3.88. The van der Waals surface area contributed by atoms with Crippen LogP contribution < -0.4 is 10.6 Å². The summed E-state index contributed by atoms with van der Waals surface area (Å²) in [5, 5.41) is 6.26. The topological polar surface area (TPSA) is 33.3 Å². The average molecular weight is 242 g/mol. The highest BCUT2D eigenvalue weighted by Crippen LogP contribution is 2.13. The number of rotatable bonds is 9. The van der Waals surface area contributed by atoms with E-state index in [0.29, 0.717) is 12.6 Å². The predicted octanol–water partition coefficient (Wildman–Crippen LogP) is 1.54. The van der Waals surface area contributed by atoms with Gasteiger partial charge in [-0.05, 0) is 19.5 Å². The summed E-state index contributed by atoms with van der Waals surface area (Å²) in [7, 11) is 0. The highest BCUT2D eigenvalue weighted by atomic mass is 19.4. The van der Waals surface area contributed by atoms with Gasteiger partial charge in [-0.25, -0.2) is 0 Å². The van der Waals surface area contributed by atoms with Gasteiger partial charge in [0.25, 0.3) is 0 Å². The highest BCUT2D eigenvalue weighted by Gasteiger charge is 2.27. The van der Waals surface area contributed by atoms with E-state index in [1.54, 1.807) is 0 Å². The number of alkyl halides is 3. The van der Waals surface area contributed by atoms with Crippen LogP contribution in [0.15, 0.2) is 0 Å². The van der Waals surface area contributed by atoms with E-state index in [-0.39, 0.29) is 6.61 Å². The van der Waals surface area contributed by atoms with Crippen LogP contribution >= 0.6 is 0 Å². The van der Waals surface area contributed by atoms with Crippen molar-refractivity contribution in [3.05, 3.63) is 0 Å². The highest BCUT2D eigenvalue weighted by molar-refractivity contribution is 4.55. The zero-order chi connectivity index (χ0) is 12.4. The van der Waals surface area contributed by atoms with Gasteiger partial charge in [0.05, 0.1) is 6.61 Å². The lowest BCUT2D eigenvalue weighted by Crippen LogP contribution is -2.28. The van der Waals surface area contributed by atoms with Gasteiger partial charge in [-0.1, -0.05) is 13.8 Å². The van der Waals surface area contributed by atoms with E-state index in [2.05, 4.69) is 29.2 Å². The van der Waals surface area contributed by atoms with E-state index >= 15 is 0 Å². The molecule has 0 unspecified atom stereocenters. The Morgan fingerprint density at radius 3 is 2.38 bits per heavy atom. The molecule has 0 rings (SSSR count). The van der Waals surface area contributed by atoms with Gasteiger partial charge < -0.3 is 15.4 Å². The van der Waals surface area contributed by atoms with E-state index in [1.165, 1.54) is 0 Å². The SMILES string of the molecule is CC(C)NCCCNCCOCC(F)(F)F. The number of halogens is 3.